The van der Waals surface area contributed by atoms with E-state index in [1.165, 1.54) is 0 Å². The van der Waals surface area contributed by atoms with E-state index in [9.17, 15) is 4.57 Å². The van der Waals surface area contributed by atoms with E-state index in [0.29, 0.717) is 0 Å². The Hall–Kier alpha value is -0.790. The molecule has 0 aliphatic rings. The Morgan fingerprint density at radius 3 is 2.00 bits per heavy atom. The summed E-state index contributed by atoms with van der Waals surface area (Å²) in [5, 5.41) is 11.0. The number of thiocyanates is 1. The normalized spacial score (nSPS) is 13.4. The van der Waals surface area contributed by atoms with Gasteiger partial charge in [-0.05, 0) is 45.0 Å². The van der Waals surface area contributed by atoms with Crippen molar-refractivity contribution in [2.24, 2.45) is 0 Å². The third-order valence-electron chi connectivity index (χ3n) is 2.25. The molecular weight excluding hydrogens is 293 g/mol. The zero-order valence-corrected chi connectivity index (χ0v) is 13.9. The molecule has 0 aliphatic heterocycles. The molecule has 1 unspecified atom stereocenters. The minimum absolute atomic E-state index is 0.245. The van der Waals surface area contributed by atoms with E-state index in [1.807, 2.05) is 35.7 Å². The fourth-order valence-electron chi connectivity index (χ4n) is 1.71. The van der Waals surface area contributed by atoms with Crippen LogP contribution in [0.3, 0.4) is 0 Å². The lowest BCUT2D eigenvalue weighted by atomic mass is 10.2. The first-order valence-corrected chi connectivity index (χ1v) is 8.94. The van der Waals surface area contributed by atoms with E-state index in [0.717, 1.165) is 17.3 Å². The fourth-order valence-corrected chi connectivity index (χ4v) is 5.04. The van der Waals surface area contributed by atoms with Crippen molar-refractivity contribution >= 4 is 19.4 Å². The predicted octanol–water partition coefficient (Wildman–Crippen LogP) is 4.94. The molecule has 0 heterocycles. The van der Waals surface area contributed by atoms with E-state index >= 15 is 0 Å². The maximum atomic E-state index is 13.1. The van der Waals surface area contributed by atoms with Gasteiger partial charge in [-0.1, -0.05) is 30.3 Å². The van der Waals surface area contributed by atoms with Crippen LogP contribution in [0.25, 0.3) is 0 Å². The molecule has 20 heavy (non-hydrogen) atoms. The van der Waals surface area contributed by atoms with Gasteiger partial charge in [0.05, 0.1) is 12.2 Å². The molecule has 1 aromatic carbocycles. The summed E-state index contributed by atoms with van der Waals surface area (Å²) < 4.78 is 24.3. The molecule has 0 N–H and O–H groups in total. The molecule has 0 saturated heterocycles. The van der Waals surface area contributed by atoms with Crippen LogP contribution in [-0.2, 0) is 13.6 Å². The van der Waals surface area contributed by atoms with Gasteiger partial charge in [0.2, 0.25) is 0 Å². The lowest BCUT2D eigenvalue weighted by Gasteiger charge is -2.28. The van der Waals surface area contributed by atoms with Gasteiger partial charge in [-0.2, -0.15) is 5.26 Å². The molecule has 0 fully saturated rings. The second-order valence-corrected chi connectivity index (χ2v) is 8.08. The number of hydrogen-bond acceptors (Lipinski definition) is 5. The molecule has 0 bridgehead atoms. The van der Waals surface area contributed by atoms with Crippen molar-refractivity contribution in [1.82, 2.24) is 0 Å². The van der Waals surface area contributed by atoms with E-state index in [1.54, 1.807) is 27.7 Å². The summed E-state index contributed by atoms with van der Waals surface area (Å²) in [5.74, 6) is 0. The van der Waals surface area contributed by atoms with Crippen molar-refractivity contribution in [2.75, 3.05) is 0 Å². The summed E-state index contributed by atoms with van der Waals surface area (Å²) in [6, 6.07) is 9.21. The maximum Gasteiger partial charge on any atom is 0.349 e. The van der Waals surface area contributed by atoms with Gasteiger partial charge in [-0.25, -0.2) is 0 Å². The van der Waals surface area contributed by atoms with E-state index in [2.05, 4.69) is 0 Å². The van der Waals surface area contributed by atoms with Gasteiger partial charge in [0, 0.05) is 0 Å². The number of thioether (sulfide) groups is 1. The standard InChI is InChI=1S/C14H20NO3PS/c1-11(2)17-19(16,18-12(3)4)14(20-10-15)13-8-6-5-7-9-13/h5-9,11-12,14H,1-4H3. The lowest BCUT2D eigenvalue weighted by Crippen LogP contribution is -2.12. The van der Waals surface area contributed by atoms with Crippen LogP contribution in [-0.4, -0.2) is 12.2 Å². The Morgan fingerprint density at radius 2 is 1.60 bits per heavy atom. The van der Waals surface area contributed by atoms with Crippen LogP contribution in [0.4, 0.5) is 0 Å². The Bertz CT molecular complexity index is 485. The molecule has 6 heteroatoms. The van der Waals surface area contributed by atoms with Crippen LogP contribution < -0.4 is 0 Å². The molecule has 0 spiro atoms. The molecule has 0 radical (unpaired) electrons. The van der Waals surface area contributed by atoms with Gasteiger partial charge >= 0.3 is 7.60 Å². The number of hydrogen-bond donors (Lipinski definition) is 0. The molecule has 1 rings (SSSR count). The van der Waals surface area contributed by atoms with Gasteiger partial charge < -0.3 is 9.05 Å². The van der Waals surface area contributed by atoms with Crippen molar-refractivity contribution in [1.29, 1.82) is 5.26 Å². The molecule has 110 valence electrons. The topological polar surface area (TPSA) is 59.3 Å². The summed E-state index contributed by atoms with van der Waals surface area (Å²) in [4.78, 5) is -0.640. The largest absolute Gasteiger partial charge is 0.349 e. The summed E-state index contributed by atoms with van der Waals surface area (Å²) in [7, 11) is -3.44. The highest BCUT2D eigenvalue weighted by Crippen LogP contribution is 2.66. The smallest absolute Gasteiger partial charge is 0.305 e. The van der Waals surface area contributed by atoms with Crippen LogP contribution in [0.15, 0.2) is 30.3 Å². The first-order chi connectivity index (χ1) is 9.39. The number of rotatable bonds is 7. The quantitative estimate of drug-likeness (QED) is 0.527. The third-order valence-corrected chi connectivity index (χ3v) is 6.25. The maximum absolute atomic E-state index is 13.1. The Kier molecular flexibility index (Phi) is 6.78. The molecule has 0 saturated carbocycles. The van der Waals surface area contributed by atoms with Crippen LogP contribution in [0, 0.1) is 10.7 Å². The Morgan fingerprint density at radius 1 is 1.10 bits per heavy atom. The zero-order valence-electron chi connectivity index (χ0n) is 12.1. The average molecular weight is 313 g/mol. The number of nitriles is 1. The fraction of sp³-hybridized carbons (Fsp3) is 0.500. The summed E-state index contributed by atoms with van der Waals surface area (Å²) in [6.07, 6.45) is -0.491. The highest BCUT2D eigenvalue weighted by Gasteiger charge is 2.40. The third kappa shape index (κ3) is 4.96. The molecule has 0 amide bonds. The zero-order chi connectivity index (χ0) is 15.2. The molecular formula is C14H20NO3PS. The molecule has 1 atom stereocenters. The average Bonchev–Trinajstić information content (AvgIpc) is 2.34. The minimum Gasteiger partial charge on any atom is -0.305 e. The molecule has 0 aliphatic carbocycles. The Labute approximate surface area is 125 Å². The highest BCUT2D eigenvalue weighted by atomic mass is 32.2. The molecule has 4 nitrogen and oxygen atoms in total. The van der Waals surface area contributed by atoms with Crippen molar-refractivity contribution in [3.8, 4) is 5.40 Å². The van der Waals surface area contributed by atoms with Crippen molar-refractivity contribution in [3.05, 3.63) is 35.9 Å². The van der Waals surface area contributed by atoms with Gasteiger partial charge in [-0.15, -0.1) is 0 Å². The van der Waals surface area contributed by atoms with Crippen molar-refractivity contribution in [2.45, 2.75) is 44.9 Å². The SMILES string of the molecule is CC(C)OP(=O)(OC(C)C)C(SC#N)c1ccccc1. The molecule has 0 aromatic heterocycles. The molecule has 1 aromatic rings. The minimum atomic E-state index is -3.44. The van der Waals surface area contributed by atoms with E-state index < -0.39 is 12.6 Å². The van der Waals surface area contributed by atoms with E-state index in [4.69, 9.17) is 14.3 Å². The van der Waals surface area contributed by atoms with Crippen LogP contribution in [0.2, 0.25) is 0 Å². The van der Waals surface area contributed by atoms with Gasteiger partial charge in [0.1, 0.15) is 10.4 Å². The van der Waals surface area contributed by atoms with Gasteiger partial charge in [0.25, 0.3) is 0 Å². The summed E-state index contributed by atoms with van der Waals surface area (Å²) in [6.45, 7) is 7.20. The summed E-state index contributed by atoms with van der Waals surface area (Å²) >= 11 is 0.913. The van der Waals surface area contributed by atoms with Gasteiger partial charge in [0.15, 0.2) is 0 Å². The number of benzene rings is 1. The predicted molar refractivity (Wildman–Crippen MR) is 82.4 cm³/mol. The van der Waals surface area contributed by atoms with Crippen molar-refractivity contribution < 1.29 is 13.6 Å². The lowest BCUT2D eigenvalue weighted by molar-refractivity contribution is 0.141. The van der Waals surface area contributed by atoms with Crippen LogP contribution in [0.5, 0.6) is 0 Å². The van der Waals surface area contributed by atoms with Crippen LogP contribution in [0.1, 0.15) is 38.2 Å². The van der Waals surface area contributed by atoms with Crippen LogP contribution >= 0.6 is 19.4 Å². The highest BCUT2D eigenvalue weighted by molar-refractivity contribution is 8.08. The number of nitrogens with zero attached hydrogens (tertiary/aromatic N) is 1. The monoisotopic (exact) mass is 313 g/mol. The van der Waals surface area contributed by atoms with Gasteiger partial charge in [-0.3, -0.25) is 4.57 Å². The second-order valence-electron chi connectivity index (χ2n) is 4.82. The van der Waals surface area contributed by atoms with Crippen molar-refractivity contribution in [3.63, 3.8) is 0 Å². The first kappa shape index (κ1) is 17.3. The van der Waals surface area contributed by atoms with E-state index in [-0.39, 0.29) is 12.2 Å². The summed E-state index contributed by atoms with van der Waals surface area (Å²) in [5.41, 5.74) is 0.767. The first-order valence-electron chi connectivity index (χ1n) is 6.45. The Balaban J connectivity index is 3.18. The second kappa shape index (κ2) is 7.85.